The third-order valence-corrected chi connectivity index (χ3v) is 5.16. The van der Waals surface area contributed by atoms with E-state index in [-0.39, 0.29) is 19.1 Å². The Labute approximate surface area is 114 Å². The summed E-state index contributed by atoms with van der Waals surface area (Å²) in [5.41, 5.74) is 0. The van der Waals surface area contributed by atoms with Gasteiger partial charge in [0, 0.05) is 25.7 Å². The van der Waals surface area contributed by atoms with Crippen molar-refractivity contribution < 1.29 is 18.3 Å². The second-order valence-electron chi connectivity index (χ2n) is 5.18. The van der Waals surface area contributed by atoms with Crippen molar-refractivity contribution in [2.75, 3.05) is 33.7 Å². The Morgan fingerprint density at radius 2 is 1.95 bits per heavy atom. The van der Waals surface area contributed by atoms with E-state index < -0.39 is 22.1 Å². The number of carboxylic acid groups (broad SMARTS) is 1. The van der Waals surface area contributed by atoms with E-state index >= 15 is 0 Å². The molecular formula is C11H23N3O4S. The van der Waals surface area contributed by atoms with E-state index in [1.165, 1.54) is 4.31 Å². The monoisotopic (exact) mass is 293 g/mol. The quantitative estimate of drug-likeness (QED) is 0.693. The molecule has 19 heavy (non-hydrogen) atoms. The molecule has 2 N–H and O–H groups in total. The number of rotatable bonds is 6. The van der Waals surface area contributed by atoms with E-state index in [2.05, 4.69) is 4.72 Å². The zero-order valence-corrected chi connectivity index (χ0v) is 12.5. The Kier molecular flexibility index (Phi) is 5.72. The van der Waals surface area contributed by atoms with E-state index in [0.29, 0.717) is 19.4 Å². The van der Waals surface area contributed by atoms with Crippen LogP contribution in [0.1, 0.15) is 19.8 Å². The first kappa shape index (κ1) is 16.4. The molecule has 1 rings (SSSR count). The standard InChI is InChI=1S/C11H23N3O4S/c1-9(13(2)3)8-12-19(17,18)14-6-4-10(5-7-14)11(15)16/h9-10,12H,4-8H2,1-3H3,(H,15,16). The molecule has 0 aromatic carbocycles. The van der Waals surface area contributed by atoms with Gasteiger partial charge >= 0.3 is 5.97 Å². The van der Waals surface area contributed by atoms with Gasteiger partial charge in [-0.15, -0.1) is 0 Å². The van der Waals surface area contributed by atoms with E-state index in [9.17, 15) is 13.2 Å². The molecule has 1 atom stereocenters. The number of nitrogens with zero attached hydrogens (tertiary/aromatic N) is 2. The third-order valence-electron chi connectivity index (χ3n) is 3.59. The van der Waals surface area contributed by atoms with Gasteiger partial charge in [-0.1, -0.05) is 0 Å². The highest BCUT2D eigenvalue weighted by Crippen LogP contribution is 2.19. The summed E-state index contributed by atoms with van der Waals surface area (Å²) in [5.74, 6) is -1.27. The van der Waals surface area contributed by atoms with Crippen molar-refractivity contribution in [2.24, 2.45) is 5.92 Å². The molecule has 1 aliphatic rings. The minimum Gasteiger partial charge on any atom is -0.481 e. The number of nitrogens with one attached hydrogen (secondary N) is 1. The lowest BCUT2D eigenvalue weighted by molar-refractivity contribution is -0.142. The second kappa shape index (κ2) is 6.65. The van der Waals surface area contributed by atoms with Crippen LogP contribution in [0.4, 0.5) is 0 Å². The molecular weight excluding hydrogens is 270 g/mol. The van der Waals surface area contributed by atoms with Crippen LogP contribution in [0.25, 0.3) is 0 Å². The van der Waals surface area contributed by atoms with Gasteiger partial charge in [0.15, 0.2) is 0 Å². The molecule has 0 radical (unpaired) electrons. The van der Waals surface area contributed by atoms with Gasteiger partial charge < -0.3 is 10.0 Å². The van der Waals surface area contributed by atoms with Crippen molar-refractivity contribution in [3.8, 4) is 0 Å². The van der Waals surface area contributed by atoms with Crippen molar-refractivity contribution in [2.45, 2.75) is 25.8 Å². The van der Waals surface area contributed by atoms with Crippen LogP contribution < -0.4 is 4.72 Å². The summed E-state index contributed by atoms with van der Waals surface area (Å²) in [6.07, 6.45) is 0.749. The summed E-state index contributed by atoms with van der Waals surface area (Å²) >= 11 is 0. The molecule has 1 saturated heterocycles. The van der Waals surface area contributed by atoms with Gasteiger partial charge in [0.25, 0.3) is 10.2 Å². The number of hydrogen-bond donors (Lipinski definition) is 2. The predicted molar refractivity (Wildman–Crippen MR) is 72.0 cm³/mol. The minimum atomic E-state index is -3.50. The largest absolute Gasteiger partial charge is 0.481 e. The Morgan fingerprint density at radius 1 is 1.42 bits per heavy atom. The van der Waals surface area contributed by atoms with Crippen LogP contribution in [0.5, 0.6) is 0 Å². The normalized spacial score (nSPS) is 20.6. The van der Waals surface area contributed by atoms with Crippen molar-refractivity contribution in [1.82, 2.24) is 13.9 Å². The molecule has 8 heteroatoms. The summed E-state index contributed by atoms with van der Waals surface area (Å²) in [7, 11) is 0.275. The van der Waals surface area contributed by atoms with Gasteiger partial charge in [0.2, 0.25) is 0 Å². The molecule has 0 spiro atoms. The van der Waals surface area contributed by atoms with Crippen LogP contribution in [0.15, 0.2) is 0 Å². The first-order valence-electron chi connectivity index (χ1n) is 6.38. The zero-order chi connectivity index (χ0) is 14.6. The van der Waals surface area contributed by atoms with Gasteiger partial charge in [-0.25, -0.2) is 4.72 Å². The molecule has 1 heterocycles. The Bertz CT molecular complexity index is 402. The van der Waals surface area contributed by atoms with Crippen molar-refractivity contribution in [3.63, 3.8) is 0 Å². The number of hydrogen-bond acceptors (Lipinski definition) is 4. The van der Waals surface area contributed by atoms with Gasteiger partial charge in [-0.05, 0) is 33.9 Å². The summed E-state index contributed by atoms with van der Waals surface area (Å²) in [5, 5.41) is 8.88. The predicted octanol–water partition coefficient (Wildman–Crippen LogP) is -0.432. The van der Waals surface area contributed by atoms with Gasteiger partial charge in [0.1, 0.15) is 0 Å². The van der Waals surface area contributed by atoms with Crippen LogP contribution in [-0.4, -0.2) is 68.5 Å². The fourth-order valence-corrected chi connectivity index (χ4v) is 3.17. The summed E-state index contributed by atoms with van der Waals surface area (Å²) in [4.78, 5) is 12.7. The average molecular weight is 293 g/mol. The fraction of sp³-hybridized carbons (Fsp3) is 0.909. The maximum atomic E-state index is 12.0. The van der Waals surface area contributed by atoms with Gasteiger partial charge in [0.05, 0.1) is 5.92 Å². The number of aliphatic carboxylic acids is 1. The summed E-state index contributed by atoms with van der Waals surface area (Å²) in [6, 6.07) is 0.103. The molecule has 1 unspecified atom stereocenters. The Morgan fingerprint density at radius 3 is 2.37 bits per heavy atom. The lowest BCUT2D eigenvalue weighted by Gasteiger charge is -2.30. The number of carbonyl (C=O) groups is 1. The molecule has 0 bridgehead atoms. The van der Waals surface area contributed by atoms with Crippen molar-refractivity contribution in [3.05, 3.63) is 0 Å². The maximum Gasteiger partial charge on any atom is 0.306 e. The lowest BCUT2D eigenvalue weighted by atomic mass is 9.99. The molecule has 0 saturated carbocycles. The number of likely N-dealkylation sites (N-methyl/N-ethyl adjacent to an activating group) is 1. The summed E-state index contributed by atoms with van der Waals surface area (Å²) < 4.78 is 28.0. The topological polar surface area (TPSA) is 90.0 Å². The minimum absolute atomic E-state index is 0.103. The van der Waals surface area contributed by atoms with Crippen LogP contribution >= 0.6 is 0 Å². The lowest BCUT2D eigenvalue weighted by Crippen LogP contribution is -2.48. The molecule has 0 amide bonds. The first-order valence-corrected chi connectivity index (χ1v) is 7.82. The Balaban J connectivity index is 2.49. The molecule has 0 aromatic rings. The van der Waals surface area contributed by atoms with Crippen LogP contribution in [0, 0.1) is 5.92 Å². The van der Waals surface area contributed by atoms with E-state index in [0.717, 1.165) is 0 Å². The number of carboxylic acids is 1. The highest BCUT2D eigenvalue weighted by atomic mass is 32.2. The SMILES string of the molecule is CC(CNS(=O)(=O)N1CCC(C(=O)O)CC1)N(C)C. The number of piperidine rings is 1. The molecule has 1 aliphatic heterocycles. The maximum absolute atomic E-state index is 12.0. The average Bonchev–Trinajstić information content (AvgIpc) is 2.36. The second-order valence-corrected chi connectivity index (χ2v) is 6.93. The van der Waals surface area contributed by atoms with Crippen molar-refractivity contribution >= 4 is 16.2 Å². The molecule has 0 aliphatic carbocycles. The van der Waals surface area contributed by atoms with Crippen LogP contribution in [0.2, 0.25) is 0 Å². The highest BCUT2D eigenvalue weighted by Gasteiger charge is 2.30. The van der Waals surface area contributed by atoms with Gasteiger partial charge in [-0.3, -0.25) is 4.79 Å². The van der Waals surface area contributed by atoms with Gasteiger partial charge in [-0.2, -0.15) is 12.7 Å². The van der Waals surface area contributed by atoms with Crippen molar-refractivity contribution in [1.29, 1.82) is 0 Å². The van der Waals surface area contributed by atoms with Crippen LogP contribution in [0.3, 0.4) is 0 Å². The third kappa shape index (κ3) is 4.72. The van der Waals surface area contributed by atoms with E-state index in [1.807, 2.05) is 25.9 Å². The molecule has 1 fully saturated rings. The Hall–Kier alpha value is -0.700. The summed E-state index contributed by atoms with van der Waals surface area (Å²) in [6.45, 7) is 2.80. The molecule has 0 aromatic heterocycles. The first-order chi connectivity index (χ1) is 8.74. The highest BCUT2D eigenvalue weighted by molar-refractivity contribution is 7.87. The molecule has 7 nitrogen and oxygen atoms in total. The fourth-order valence-electron chi connectivity index (χ4n) is 1.84. The zero-order valence-electron chi connectivity index (χ0n) is 11.7. The van der Waals surface area contributed by atoms with E-state index in [4.69, 9.17) is 5.11 Å². The van der Waals surface area contributed by atoms with E-state index in [1.54, 1.807) is 0 Å². The molecule has 112 valence electrons. The smallest absolute Gasteiger partial charge is 0.306 e. The van der Waals surface area contributed by atoms with Crippen LogP contribution in [-0.2, 0) is 15.0 Å².